The van der Waals surface area contributed by atoms with Crippen LogP contribution in [0.15, 0.2) is 48.5 Å². The smallest absolute Gasteiger partial charge is 0.119 e. The standard InChI is InChI=1S/C29H39NO2/c1-2-21-3-5-22(6-4-21)11-12-30-19-27(31)20-32-28-9-7-26(8-10-28)29-16-23-13-24(17-29)15-25(14-23)18-29/h3-10,23-25,27,30-31H,2,11-20H2,1H3. The van der Waals surface area contributed by atoms with Gasteiger partial charge in [0, 0.05) is 6.54 Å². The van der Waals surface area contributed by atoms with Crippen LogP contribution in [0.5, 0.6) is 5.75 Å². The van der Waals surface area contributed by atoms with Gasteiger partial charge in [-0.2, -0.15) is 0 Å². The maximum atomic E-state index is 10.3. The third-order valence-corrected chi connectivity index (χ3v) is 8.35. The summed E-state index contributed by atoms with van der Waals surface area (Å²) in [5.41, 5.74) is 4.67. The van der Waals surface area contributed by atoms with Crippen molar-refractivity contribution in [2.24, 2.45) is 17.8 Å². The summed E-state index contributed by atoms with van der Waals surface area (Å²) in [6.45, 7) is 3.92. The molecule has 2 N–H and O–H groups in total. The van der Waals surface area contributed by atoms with Gasteiger partial charge in [0.05, 0.1) is 0 Å². The summed E-state index contributed by atoms with van der Waals surface area (Å²) in [4.78, 5) is 0. The zero-order chi connectivity index (χ0) is 22.0. The highest BCUT2D eigenvalue weighted by atomic mass is 16.5. The Balaban J connectivity index is 1.05. The molecule has 2 aromatic rings. The third kappa shape index (κ3) is 4.89. The van der Waals surface area contributed by atoms with Crippen molar-refractivity contribution in [1.29, 1.82) is 0 Å². The summed E-state index contributed by atoms with van der Waals surface area (Å²) < 4.78 is 5.89. The molecule has 4 aliphatic rings. The minimum Gasteiger partial charge on any atom is -0.491 e. The number of rotatable bonds is 10. The number of aryl methyl sites for hydroxylation is 1. The molecule has 4 fully saturated rings. The van der Waals surface area contributed by atoms with Gasteiger partial charge in [0.1, 0.15) is 18.5 Å². The maximum Gasteiger partial charge on any atom is 0.119 e. The van der Waals surface area contributed by atoms with Crippen LogP contribution in [0.25, 0.3) is 0 Å². The maximum absolute atomic E-state index is 10.3. The lowest BCUT2D eigenvalue weighted by Crippen LogP contribution is -2.48. The number of hydrogen-bond acceptors (Lipinski definition) is 3. The Kier molecular flexibility index (Phi) is 6.57. The van der Waals surface area contributed by atoms with E-state index in [1.54, 1.807) is 0 Å². The molecule has 4 aliphatic carbocycles. The first-order valence-electron chi connectivity index (χ1n) is 12.8. The fourth-order valence-electron chi connectivity index (χ4n) is 7.06. The first-order chi connectivity index (χ1) is 15.6. The molecule has 1 unspecified atom stereocenters. The van der Waals surface area contributed by atoms with E-state index in [0.29, 0.717) is 18.6 Å². The van der Waals surface area contributed by atoms with Gasteiger partial charge in [-0.15, -0.1) is 0 Å². The first kappa shape index (κ1) is 22.0. The Labute approximate surface area is 193 Å². The largest absolute Gasteiger partial charge is 0.491 e. The summed E-state index contributed by atoms with van der Waals surface area (Å²) in [5, 5.41) is 13.6. The zero-order valence-corrected chi connectivity index (χ0v) is 19.6. The van der Waals surface area contributed by atoms with Gasteiger partial charge in [-0.3, -0.25) is 0 Å². The Morgan fingerprint density at radius 3 is 2.09 bits per heavy atom. The number of aliphatic hydroxyl groups excluding tert-OH is 1. The zero-order valence-electron chi connectivity index (χ0n) is 19.6. The van der Waals surface area contributed by atoms with Crippen LogP contribution in [0.4, 0.5) is 0 Å². The van der Waals surface area contributed by atoms with Gasteiger partial charge in [-0.25, -0.2) is 0 Å². The van der Waals surface area contributed by atoms with Crippen LogP contribution >= 0.6 is 0 Å². The van der Waals surface area contributed by atoms with E-state index >= 15 is 0 Å². The summed E-state index contributed by atoms with van der Waals surface area (Å²) in [6, 6.07) is 17.6. The van der Waals surface area contributed by atoms with Gasteiger partial charge in [-0.1, -0.05) is 43.3 Å². The minimum atomic E-state index is -0.500. The number of benzene rings is 2. The molecular formula is C29H39NO2. The van der Waals surface area contributed by atoms with Gasteiger partial charge in [0.2, 0.25) is 0 Å². The van der Waals surface area contributed by atoms with Crippen LogP contribution in [0.1, 0.15) is 62.1 Å². The SMILES string of the molecule is CCc1ccc(CCNCC(O)COc2ccc(C34CC5CC(CC(C5)C3)C4)cc2)cc1. The van der Waals surface area contributed by atoms with Crippen LogP contribution in [0, 0.1) is 17.8 Å². The third-order valence-electron chi connectivity index (χ3n) is 8.35. The van der Waals surface area contributed by atoms with E-state index in [9.17, 15) is 5.11 Å². The minimum absolute atomic E-state index is 0.328. The fourth-order valence-corrected chi connectivity index (χ4v) is 7.06. The second-order valence-electron chi connectivity index (χ2n) is 10.8. The van der Waals surface area contributed by atoms with E-state index in [1.807, 2.05) is 0 Å². The average molecular weight is 434 g/mol. The number of nitrogens with one attached hydrogen (secondary N) is 1. The summed E-state index contributed by atoms with van der Waals surface area (Å²) >= 11 is 0. The molecule has 0 saturated heterocycles. The lowest BCUT2D eigenvalue weighted by atomic mass is 9.48. The summed E-state index contributed by atoms with van der Waals surface area (Å²) in [6.07, 6.45) is 10.2. The average Bonchev–Trinajstić information content (AvgIpc) is 2.80. The molecule has 4 bridgehead atoms. The van der Waals surface area contributed by atoms with E-state index in [1.165, 1.54) is 55.2 Å². The predicted octanol–water partition coefficient (Wildman–Crippen LogP) is 5.29. The van der Waals surface area contributed by atoms with Gasteiger partial charge in [0.15, 0.2) is 0 Å². The molecule has 0 radical (unpaired) electrons. The van der Waals surface area contributed by atoms with Gasteiger partial charge in [0.25, 0.3) is 0 Å². The first-order valence-corrected chi connectivity index (χ1v) is 12.8. The van der Waals surface area contributed by atoms with Gasteiger partial charge >= 0.3 is 0 Å². The number of aliphatic hydroxyl groups is 1. The predicted molar refractivity (Wildman–Crippen MR) is 130 cm³/mol. The Morgan fingerprint density at radius 2 is 1.50 bits per heavy atom. The molecule has 0 aromatic heterocycles. The Bertz CT molecular complexity index is 838. The van der Waals surface area contributed by atoms with Crippen molar-refractivity contribution in [2.75, 3.05) is 19.7 Å². The summed E-state index contributed by atoms with van der Waals surface area (Å²) in [5.74, 6) is 3.77. The van der Waals surface area contributed by atoms with E-state index in [4.69, 9.17) is 4.74 Å². The molecular weight excluding hydrogens is 394 g/mol. The molecule has 4 saturated carbocycles. The normalized spacial score (nSPS) is 29.2. The highest BCUT2D eigenvalue weighted by molar-refractivity contribution is 5.34. The van der Waals surface area contributed by atoms with E-state index in [-0.39, 0.29) is 0 Å². The molecule has 0 spiro atoms. The highest BCUT2D eigenvalue weighted by Gasteiger charge is 2.51. The molecule has 3 nitrogen and oxygen atoms in total. The number of hydrogen-bond donors (Lipinski definition) is 2. The molecule has 32 heavy (non-hydrogen) atoms. The summed E-state index contributed by atoms with van der Waals surface area (Å²) in [7, 11) is 0. The molecule has 6 rings (SSSR count). The molecule has 172 valence electrons. The van der Waals surface area contributed by atoms with Crippen molar-refractivity contribution in [3.8, 4) is 5.75 Å². The topological polar surface area (TPSA) is 41.5 Å². The van der Waals surface area contributed by atoms with Crippen LogP contribution in [0.2, 0.25) is 0 Å². The van der Waals surface area contributed by atoms with E-state index < -0.39 is 6.10 Å². The van der Waals surface area contributed by atoms with Crippen LogP contribution in [-0.4, -0.2) is 30.9 Å². The second-order valence-corrected chi connectivity index (χ2v) is 10.8. The van der Waals surface area contributed by atoms with E-state index in [2.05, 4.69) is 60.8 Å². The van der Waals surface area contributed by atoms with Crippen molar-refractivity contribution in [3.05, 3.63) is 65.2 Å². The second kappa shape index (κ2) is 9.57. The molecule has 1 atom stereocenters. The quantitative estimate of drug-likeness (QED) is 0.500. The van der Waals surface area contributed by atoms with Crippen molar-refractivity contribution in [2.45, 2.75) is 69.8 Å². The van der Waals surface area contributed by atoms with Crippen LogP contribution in [0.3, 0.4) is 0 Å². The molecule has 0 aliphatic heterocycles. The van der Waals surface area contributed by atoms with E-state index in [0.717, 1.165) is 42.9 Å². The Morgan fingerprint density at radius 1 is 0.906 bits per heavy atom. The molecule has 3 heteroatoms. The lowest BCUT2D eigenvalue weighted by Gasteiger charge is -2.57. The monoisotopic (exact) mass is 433 g/mol. The lowest BCUT2D eigenvalue weighted by molar-refractivity contribution is -0.00521. The fraction of sp³-hybridized carbons (Fsp3) is 0.586. The van der Waals surface area contributed by atoms with Gasteiger partial charge in [-0.05, 0) is 110 Å². The van der Waals surface area contributed by atoms with Crippen molar-refractivity contribution in [3.63, 3.8) is 0 Å². The molecule has 2 aromatic carbocycles. The highest BCUT2D eigenvalue weighted by Crippen LogP contribution is 2.60. The Hall–Kier alpha value is -1.84. The van der Waals surface area contributed by atoms with Crippen LogP contribution < -0.4 is 10.1 Å². The van der Waals surface area contributed by atoms with Crippen molar-refractivity contribution >= 4 is 0 Å². The van der Waals surface area contributed by atoms with Gasteiger partial charge < -0.3 is 15.2 Å². The van der Waals surface area contributed by atoms with Crippen LogP contribution in [-0.2, 0) is 18.3 Å². The molecule has 0 amide bonds. The van der Waals surface area contributed by atoms with Crippen molar-refractivity contribution in [1.82, 2.24) is 5.32 Å². The number of ether oxygens (including phenoxy) is 1. The molecule has 0 heterocycles. The van der Waals surface area contributed by atoms with Crippen molar-refractivity contribution < 1.29 is 9.84 Å².